The van der Waals surface area contributed by atoms with E-state index in [-0.39, 0.29) is 0 Å². The molecule has 0 fully saturated rings. The highest BCUT2D eigenvalue weighted by Gasteiger charge is 2.45. The summed E-state index contributed by atoms with van der Waals surface area (Å²) in [5.74, 6) is -6.79. The molecule has 1 atom stereocenters. The molecule has 2 heterocycles. The van der Waals surface area contributed by atoms with Gasteiger partial charge in [0, 0.05) is 11.6 Å². The fraction of sp³-hybridized carbons (Fsp3) is 0.190. The molecule has 32 heavy (non-hydrogen) atoms. The molecule has 11 heteroatoms. The normalized spacial score (nSPS) is 12.5. The Morgan fingerprint density at radius 1 is 1.03 bits per heavy atom. The highest BCUT2D eigenvalue weighted by atomic mass is 19.3. The van der Waals surface area contributed by atoms with Gasteiger partial charge in [-0.2, -0.15) is 8.78 Å². The van der Waals surface area contributed by atoms with E-state index in [0.29, 0.717) is 23.1 Å². The summed E-state index contributed by atoms with van der Waals surface area (Å²) in [6, 6.07) is 9.30. The fourth-order valence-corrected chi connectivity index (χ4v) is 3.23. The molecule has 0 radical (unpaired) electrons. The Balaban J connectivity index is 1.69. The maximum absolute atomic E-state index is 15.6. The van der Waals surface area contributed by atoms with Crippen LogP contribution in [0.2, 0.25) is 0 Å². The second-order valence-electron chi connectivity index (χ2n) is 6.89. The molecule has 4 rings (SSSR count). The third kappa shape index (κ3) is 4.27. The molecule has 2 aromatic heterocycles. The van der Waals surface area contributed by atoms with Crippen molar-refractivity contribution in [1.29, 1.82) is 0 Å². The molecular weight excluding hydrogens is 428 g/mol. The average molecular weight is 444 g/mol. The molecule has 1 unspecified atom stereocenters. The zero-order valence-electron chi connectivity index (χ0n) is 16.7. The highest BCUT2D eigenvalue weighted by molar-refractivity contribution is 5.59. The minimum atomic E-state index is -3.67. The molecule has 0 spiro atoms. The van der Waals surface area contributed by atoms with E-state index in [2.05, 4.69) is 25.5 Å². The molecule has 4 aromatic rings. The summed E-state index contributed by atoms with van der Waals surface area (Å²) in [5, 5.41) is 10.4. The summed E-state index contributed by atoms with van der Waals surface area (Å²) in [6.07, 6.45) is 3.27. The molecule has 0 saturated carbocycles. The van der Waals surface area contributed by atoms with Crippen LogP contribution in [0.4, 0.5) is 17.6 Å². The Kier molecular flexibility index (Phi) is 5.80. The molecule has 7 nitrogen and oxygen atoms in total. The van der Waals surface area contributed by atoms with Gasteiger partial charge in [-0.05, 0) is 46.3 Å². The quantitative estimate of drug-likeness (QED) is 0.401. The first-order valence-corrected chi connectivity index (χ1v) is 9.39. The number of rotatable bonds is 7. The first-order valence-electron chi connectivity index (χ1n) is 9.39. The minimum absolute atomic E-state index is 0.372. The third-order valence-electron chi connectivity index (χ3n) is 4.92. The van der Waals surface area contributed by atoms with E-state index in [9.17, 15) is 8.78 Å². The van der Waals surface area contributed by atoms with Gasteiger partial charge in [-0.3, -0.25) is 9.97 Å². The molecule has 0 amide bonds. The Bertz CT molecular complexity index is 1180. The number of hydrogen-bond donors (Lipinski definition) is 0. The first-order chi connectivity index (χ1) is 15.4. The van der Waals surface area contributed by atoms with Gasteiger partial charge in [-0.25, -0.2) is 13.5 Å². The molecule has 0 aliphatic heterocycles. The fourth-order valence-electron chi connectivity index (χ4n) is 3.23. The zero-order chi connectivity index (χ0) is 22.7. The summed E-state index contributed by atoms with van der Waals surface area (Å²) < 4.78 is 65.0. The van der Waals surface area contributed by atoms with Crippen molar-refractivity contribution in [3.63, 3.8) is 0 Å². The van der Waals surface area contributed by atoms with Crippen molar-refractivity contribution in [2.24, 2.45) is 0 Å². The van der Waals surface area contributed by atoms with Gasteiger partial charge < -0.3 is 4.74 Å². The number of benzene rings is 2. The number of aromatic nitrogens is 6. The van der Waals surface area contributed by atoms with Crippen molar-refractivity contribution in [2.75, 3.05) is 7.11 Å². The molecule has 0 bridgehead atoms. The van der Waals surface area contributed by atoms with E-state index in [1.165, 1.54) is 13.3 Å². The Morgan fingerprint density at radius 3 is 2.41 bits per heavy atom. The van der Waals surface area contributed by atoms with Crippen molar-refractivity contribution in [1.82, 2.24) is 30.2 Å². The maximum Gasteiger partial charge on any atom is 0.299 e. The van der Waals surface area contributed by atoms with Crippen molar-refractivity contribution in [2.45, 2.75) is 18.4 Å². The van der Waals surface area contributed by atoms with Crippen molar-refractivity contribution in [3.8, 4) is 17.0 Å². The highest BCUT2D eigenvalue weighted by Crippen LogP contribution is 2.43. The second kappa shape index (κ2) is 8.69. The van der Waals surface area contributed by atoms with E-state index in [1.807, 2.05) is 0 Å². The van der Waals surface area contributed by atoms with E-state index < -0.39 is 41.3 Å². The topological polar surface area (TPSA) is 78.6 Å². The predicted molar refractivity (Wildman–Crippen MR) is 105 cm³/mol. The number of tetrazole rings is 1. The Hall–Kier alpha value is -3.89. The monoisotopic (exact) mass is 444 g/mol. The lowest BCUT2D eigenvalue weighted by molar-refractivity contribution is -0.0458. The number of hydrogen-bond acceptors (Lipinski definition) is 6. The van der Waals surface area contributed by atoms with Crippen LogP contribution in [-0.2, 0) is 12.5 Å². The van der Waals surface area contributed by atoms with Gasteiger partial charge in [0.15, 0.2) is 0 Å². The van der Waals surface area contributed by atoms with E-state index in [1.54, 1.807) is 24.3 Å². The van der Waals surface area contributed by atoms with E-state index >= 15 is 8.78 Å². The lowest BCUT2D eigenvalue weighted by Gasteiger charge is -2.26. The Morgan fingerprint density at radius 2 is 1.81 bits per heavy atom. The van der Waals surface area contributed by atoms with Crippen molar-refractivity contribution < 1.29 is 22.3 Å². The van der Waals surface area contributed by atoms with Crippen molar-refractivity contribution in [3.05, 3.63) is 84.1 Å². The van der Waals surface area contributed by atoms with Crippen LogP contribution in [0.15, 0.2) is 61.2 Å². The summed E-state index contributed by atoms with van der Waals surface area (Å²) in [7, 11) is 1.53. The average Bonchev–Trinajstić information content (AvgIpc) is 3.31. The number of ether oxygens (including phenoxy) is 1. The van der Waals surface area contributed by atoms with Crippen LogP contribution < -0.4 is 4.74 Å². The minimum Gasteiger partial charge on any atom is -0.497 e. The van der Waals surface area contributed by atoms with Gasteiger partial charge in [-0.15, -0.1) is 5.10 Å². The number of halogens is 4. The molecule has 2 aromatic carbocycles. The number of methoxy groups -OCH3 is 1. The summed E-state index contributed by atoms with van der Waals surface area (Å²) in [5.41, 5.74) is -0.0373. The molecule has 0 N–H and O–H groups in total. The maximum atomic E-state index is 15.6. The smallest absolute Gasteiger partial charge is 0.299 e. The standard InChI is InChI=1S/C21H16F4N6O/c1-32-15-5-2-13(3-6-15)19-9-27-20(10-26-19)21(24,25)17(11-31-12-28-29-30-31)16-7-4-14(22)8-18(16)23/h2-10,12,17H,11H2,1H3. The SMILES string of the molecule is COc1ccc(-c2cnc(C(F)(F)C(Cn3cnnn3)c3ccc(F)cc3F)cn2)cc1. The molecule has 0 aliphatic carbocycles. The molecule has 164 valence electrons. The Labute approximate surface area is 179 Å². The van der Waals surface area contributed by atoms with Crippen LogP contribution in [0.25, 0.3) is 11.3 Å². The largest absolute Gasteiger partial charge is 0.497 e. The van der Waals surface area contributed by atoms with Crippen LogP contribution in [0.1, 0.15) is 17.2 Å². The number of alkyl halides is 2. The molecule has 0 aliphatic rings. The van der Waals surface area contributed by atoms with Gasteiger partial charge in [0.1, 0.15) is 29.4 Å². The van der Waals surface area contributed by atoms with Gasteiger partial charge >= 0.3 is 0 Å². The van der Waals surface area contributed by atoms with Gasteiger partial charge in [0.2, 0.25) is 0 Å². The van der Waals surface area contributed by atoms with Gasteiger partial charge in [0.05, 0.1) is 37.7 Å². The van der Waals surface area contributed by atoms with Crippen molar-refractivity contribution >= 4 is 0 Å². The molecule has 0 saturated heterocycles. The zero-order valence-corrected chi connectivity index (χ0v) is 16.7. The number of nitrogens with zero attached hydrogens (tertiary/aromatic N) is 6. The van der Waals surface area contributed by atoms with Gasteiger partial charge in [0.25, 0.3) is 5.92 Å². The summed E-state index contributed by atoms with van der Waals surface area (Å²) in [4.78, 5) is 7.99. The van der Waals surface area contributed by atoms with Crippen LogP contribution >= 0.6 is 0 Å². The summed E-state index contributed by atoms with van der Waals surface area (Å²) >= 11 is 0. The van der Waals surface area contributed by atoms with Crippen LogP contribution in [0.3, 0.4) is 0 Å². The van der Waals surface area contributed by atoms with Crippen LogP contribution in [0, 0.1) is 11.6 Å². The van der Waals surface area contributed by atoms with E-state index in [4.69, 9.17) is 4.74 Å². The second-order valence-corrected chi connectivity index (χ2v) is 6.89. The predicted octanol–water partition coefficient (Wildman–Crippen LogP) is 3.99. The van der Waals surface area contributed by atoms with Crippen LogP contribution in [0.5, 0.6) is 5.75 Å². The lowest BCUT2D eigenvalue weighted by atomic mass is 9.90. The third-order valence-corrected chi connectivity index (χ3v) is 4.92. The first kappa shape index (κ1) is 21.3. The lowest BCUT2D eigenvalue weighted by Crippen LogP contribution is -2.30. The van der Waals surface area contributed by atoms with Gasteiger partial charge in [-0.1, -0.05) is 6.07 Å². The molecular formula is C21H16F4N6O. The summed E-state index contributed by atoms with van der Waals surface area (Å²) in [6.45, 7) is -0.468. The van der Waals surface area contributed by atoms with Crippen LogP contribution in [-0.4, -0.2) is 37.3 Å². The van der Waals surface area contributed by atoms with E-state index in [0.717, 1.165) is 29.3 Å².